The molecule has 0 unspecified atom stereocenters. The van der Waals surface area contributed by atoms with Gasteiger partial charge in [0.05, 0.1) is 9.75 Å². The summed E-state index contributed by atoms with van der Waals surface area (Å²) in [6, 6.07) is 7.89. The highest BCUT2D eigenvalue weighted by atomic mass is 32.1. The zero-order valence-corrected chi connectivity index (χ0v) is 11.6. The number of hydrogen-bond donors (Lipinski definition) is 2. The van der Waals surface area contributed by atoms with Gasteiger partial charge in [-0.25, -0.2) is 4.39 Å². The van der Waals surface area contributed by atoms with Crippen molar-refractivity contribution in [1.82, 2.24) is 0 Å². The van der Waals surface area contributed by atoms with Crippen LogP contribution in [-0.4, -0.2) is 17.6 Å². The molecule has 20 heavy (non-hydrogen) atoms. The van der Waals surface area contributed by atoms with Gasteiger partial charge in [0.15, 0.2) is 0 Å². The van der Waals surface area contributed by atoms with Crippen LogP contribution in [0.1, 0.15) is 20.1 Å². The van der Waals surface area contributed by atoms with Gasteiger partial charge in [-0.3, -0.25) is 4.79 Å². The van der Waals surface area contributed by atoms with Crippen LogP contribution in [0.3, 0.4) is 0 Å². The second-order valence-electron chi connectivity index (χ2n) is 4.04. The Labute approximate surface area is 120 Å². The second-order valence-corrected chi connectivity index (χ2v) is 5.13. The molecule has 0 saturated heterocycles. The highest BCUT2D eigenvalue weighted by Gasteiger charge is 2.09. The molecule has 0 spiro atoms. The first-order valence-corrected chi connectivity index (χ1v) is 6.69. The van der Waals surface area contributed by atoms with E-state index in [0.717, 1.165) is 0 Å². The molecule has 1 aromatic carbocycles. The van der Waals surface area contributed by atoms with Crippen molar-refractivity contribution in [2.75, 3.05) is 11.9 Å². The largest absolute Gasteiger partial charge is 0.384 e. The molecule has 2 N–H and O–H groups in total. The van der Waals surface area contributed by atoms with Crippen molar-refractivity contribution in [3.8, 4) is 11.8 Å². The van der Waals surface area contributed by atoms with Gasteiger partial charge in [0.25, 0.3) is 5.91 Å². The lowest BCUT2D eigenvalue weighted by molar-refractivity contribution is 0.103. The number of nitrogens with one attached hydrogen (secondary N) is 1. The van der Waals surface area contributed by atoms with Crippen molar-refractivity contribution in [1.29, 1.82) is 0 Å². The molecule has 0 saturated carbocycles. The molecule has 5 heteroatoms. The fraction of sp³-hybridized carbons (Fsp3) is 0.133. The standard InChI is InChI=1S/C15H12FNO2S/c1-10-4-5-11(9-13(10)16)17-15(19)14-7-6-12(20-14)3-2-8-18/h4-7,9,18H,8H2,1H3,(H,17,19). The number of rotatable bonds is 2. The summed E-state index contributed by atoms with van der Waals surface area (Å²) in [6.07, 6.45) is 0. The molecular weight excluding hydrogens is 277 g/mol. The van der Waals surface area contributed by atoms with E-state index in [1.165, 1.54) is 17.4 Å². The van der Waals surface area contributed by atoms with Crippen molar-refractivity contribution in [2.24, 2.45) is 0 Å². The van der Waals surface area contributed by atoms with E-state index in [1.807, 2.05) is 0 Å². The third-order valence-electron chi connectivity index (χ3n) is 2.55. The van der Waals surface area contributed by atoms with E-state index in [1.54, 1.807) is 31.2 Å². The summed E-state index contributed by atoms with van der Waals surface area (Å²) in [5.41, 5.74) is 0.940. The number of halogens is 1. The number of anilines is 1. The van der Waals surface area contributed by atoms with Crippen molar-refractivity contribution in [2.45, 2.75) is 6.92 Å². The van der Waals surface area contributed by atoms with Crippen molar-refractivity contribution < 1.29 is 14.3 Å². The van der Waals surface area contributed by atoms with Gasteiger partial charge < -0.3 is 10.4 Å². The third-order valence-corrected chi connectivity index (χ3v) is 3.55. The number of carbonyl (C=O) groups excluding carboxylic acids is 1. The van der Waals surface area contributed by atoms with Gasteiger partial charge in [0.2, 0.25) is 0 Å². The van der Waals surface area contributed by atoms with Crippen LogP contribution in [0.2, 0.25) is 0 Å². The first kappa shape index (κ1) is 14.3. The molecule has 0 aliphatic heterocycles. The summed E-state index contributed by atoms with van der Waals surface area (Å²) < 4.78 is 13.4. The lowest BCUT2D eigenvalue weighted by atomic mass is 10.2. The van der Waals surface area contributed by atoms with Gasteiger partial charge in [0, 0.05) is 5.69 Å². The maximum atomic E-state index is 13.4. The Kier molecular flexibility index (Phi) is 4.51. The normalized spacial score (nSPS) is 9.75. The van der Waals surface area contributed by atoms with E-state index in [4.69, 9.17) is 5.11 Å². The highest BCUT2D eigenvalue weighted by Crippen LogP contribution is 2.19. The van der Waals surface area contributed by atoms with E-state index >= 15 is 0 Å². The second kappa shape index (κ2) is 6.33. The summed E-state index contributed by atoms with van der Waals surface area (Å²) in [7, 11) is 0. The number of aliphatic hydroxyl groups is 1. The van der Waals surface area contributed by atoms with Crippen molar-refractivity contribution in [3.05, 3.63) is 51.5 Å². The molecule has 2 rings (SSSR count). The maximum Gasteiger partial charge on any atom is 0.265 e. The molecule has 1 heterocycles. The van der Waals surface area contributed by atoms with E-state index in [-0.39, 0.29) is 18.3 Å². The first-order valence-electron chi connectivity index (χ1n) is 5.87. The lowest BCUT2D eigenvalue weighted by Crippen LogP contribution is -2.10. The van der Waals surface area contributed by atoms with Crippen LogP contribution in [0.15, 0.2) is 30.3 Å². The van der Waals surface area contributed by atoms with Crippen molar-refractivity contribution >= 4 is 22.9 Å². The predicted molar refractivity (Wildman–Crippen MR) is 77.4 cm³/mol. The molecule has 1 aromatic heterocycles. The number of aryl methyl sites for hydroxylation is 1. The summed E-state index contributed by atoms with van der Waals surface area (Å²) in [4.78, 5) is 13.2. The highest BCUT2D eigenvalue weighted by molar-refractivity contribution is 7.14. The molecule has 0 atom stereocenters. The van der Waals surface area contributed by atoms with Gasteiger partial charge in [-0.05, 0) is 36.8 Å². The summed E-state index contributed by atoms with van der Waals surface area (Å²) in [6.45, 7) is 1.44. The number of hydrogen-bond acceptors (Lipinski definition) is 3. The number of carbonyl (C=O) groups is 1. The summed E-state index contributed by atoms with van der Waals surface area (Å²) >= 11 is 1.22. The van der Waals surface area contributed by atoms with Gasteiger partial charge in [-0.2, -0.15) is 0 Å². The monoisotopic (exact) mass is 289 g/mol. The van der Waals surface area contributed by atoms with Crippen LogP contribution in [0, 0.1) is 24.6 Å². The Bertz CT molecular complexity index is 697. The predicted octanol–water partition coefficient (Wildman–Crippen LogP) is 2.79. The SMILES string of the molecule is Cc1ccc(NC(=O)c2ccc(C#CCO)s2)cc1F. The first-order chi connectivity index (χ1) is 9.60. The third kappa shape index (κ3) is 3.44. The Morgan fingerprint density at radius 2 is 2.20 bits per heavy atom. The molecule has 0 radical (unpaired) electrons. The van der Waals surface area contributed by atoms with E-state index < -0.39 is 0 Å². The molecule has 0 aliphatic carbocycles. The molecular formula is C15H12FNO2S. The zero-order valence-electron chi connectivity index (χ0n) is 10.7. The van der Waals surface area contributed by atoms with Crippen LogP contribution in [-0.2, 0) is 0 Å². The number of thiophene rings is 1. The Hall–Kier alpha value is -2.16. The number of amides is 1. The van der Waals surface area contributed by atoms with Crippen molar-refractivity contribution in [3.63, 3.8) is 0 Å². The molecule has 0 fully saturated rings. The molecule has 1 amide bonds. The van der Waals surface area contributed by atoms with Crippen LogP contribution < -0.4 is 5.32 Å². The summed E-state index contributed by atoms with van der Waals surface area (Å²) in [5, 5.41) is 11.2. The Balaban J connectivity index is 2.11. The Morgan fingerprint density at radius 1 is 1.40 bits per heavy atom. The van der Waals surface area contributed by atoms with E-state index in [9.17, 15) is 9.18 Å². The molecule has 2 aromatic rings. The fourth-order valence-electron chi connectivity index (χ4n) is 1.52. The van der Waals surface area contributed by atoms with Gasteiger partial charge in [0.1, 0.15) is 12.4 Å². The van der Waals surface area contributed by atoms with E-state index in [2.05, 4.69) is 17.2 Å². The maximum absolute atomic E-state index is 13.4. The zero-order chi connectivity index (χ0) is 14.5. The smallest absolute Gasteiger partial charge is 0.265 e. The molecule has 102 valence electrons. The van der Waals surface area contributed by atoms with Gasteiger partial charge in [-0.1, -0.05) is 17.9 Å². The van der Waals surface area contributed by atoms with E-state index in [0.29, 0.717) is 21.0 Å². The topological polar surface area (TPSA) is 49.3 Å². The quantitative estimate of drug-likeness (QED) is 0.835. The lowest BCUT2D eigenvalue weighted by Gasteiger charge is -2.04. The summed E-state index contributed by atoms with van der Waals surface area (Å²) in [5.74, 6) is 4.58. The Morgan fingerprint density at radius 3 is 2.90 bits per heavy atom. The number of benzene rings is 1. The molecule has 0 bridgehead atoms. The van der Waals surface area contributed by atoms with Crippen LogP contribution >= 0.6 is 11.3 Å². The number of aliphatic hydroxyl groups excluding tert-OH is 1. The minimum Gasteiger partial charge on any atom is -0.384 e. The average molecular weight is 289 g/mol. The van der Waals surface area contributed by atoms with Gasteiger partial charge in [-0.15, -0.1) is 11.3 Å². The minimum absolute atomic E-state index is 0.220. The van der Waals surface area contributed by atoms with Crippen LogP contribution in [0.4, 0.5) is 10.1 Å². The van der Waals surface area contributed by atoms with Crippen LogP contribution in [0.5, 0.6) is 0 Å². The molecule has 3 nitrogen and oxygen atoms in total. The van der Waals surface area contributed by atoms with Crippen LogP contribution in [0.25, 0.3) is 0 Å². The fourth-order valence-corrected chi connectivity index (χ4v) is 2.29. The van der Waals surface area contributed by atoms with Gasteiger partial charge >= 0.3 is 0 Å². The average Bonchev–Trinajstić information content (AvgIpc) is 2.89. The molecule has 0 aliphatic rings. The minimum atomic E-state index is -0.358.